The molecule has 0 amide bonds. The highest BCUT2D eigenvalue weighted by atomic mass is 16.3. The van der Waals surface area contributed by atoms with Crippen LogP contribution in [0.3, 0.4) is 0 Å². The van der Waals surface area contributed by atoms with Gasteiger partial charge in [-0.05, 0) is 50.0 Å². The minimum Gasteiger partial charge on any atom is -0.396 e. The highest BCUT2D eigenvalue weighted by Crippen LogP contribution is 2.44. The second-order valence-electron chi connectivity index (χ2n) is 6.40. The first-order valence-electron chi connectivity index (χ1n) is 7.35. The van der Waals surface area contributed by atoms with Gasteiger partial charge in [-0.25, -0.2) is 0 Å². The van der Waals surface area contributed by atoms with Crippen molar-refractivity contribution in [2.45, 2.75) is 71.8 Å². The van der Waals surface area contributed by atoms with Gasteiger partial charge in [0, 0.05) is 12.1 Å². The normalized spacial score (nSPS) is 30.5. The van der Waals surface area contributed by atoms with Crippen LogP contribution in [0.4, 0.5) is 0 Å². The number of nitrogens with one attached hydrogen (secondary N) is 1. The molecule has 102 valence electrons. The molecule has 0 spiro atoms. The van der Waals surface area contributed by atoms with Gasteiger partial charge in [0.15, 0.2) is 0 Å². The second-order valence-corrected chi connectivity index (χ2v) is 6.40. The highest BCUT2D eigenvalue weighted by Gasteiger charge is 2.38. The smallest absolute Gasteiger partial charge is 0.0448 e. The van der Waals surface area contributed by atoms with E-state index in [2.05, 4.69) is 33.0 Å². The van der Waals surface area contributed by atoms with Gasteiger partial charge in [0.05, 0.1) is 0 Å². The zero-order valence-electron chi connectivity index (χ0n) is 12.2. The van der Waals surface area contributed by atoms with Gasteiger partial charge in [-0.3, -0.25) is 0 Å². The van der Waals surface area contributed by atoms with Crippen molar-refractivity contribution in [2.24, 2.45) is 11.3 Å². The largest absolute Gasteiger partial charge is 0.396 e. The van der Waals surface area contributed by atoms with Crippen LogP contribution in [0.2, 0.25) is 0 Å². The van der Waals surface area contributed by atoms with Gasteiger partial charge < -0.3 is 10.4 Å². The van der Waals surface area contributed by atoms with E-state index < -0.39 is 0 Å². The van der Waals surface area contributed by atoms with E-state index >= 15 is 0 Å². The fraction of sp³-hybridized carbons (Fsp3) is 1.00. The molecular formula is C15H31NO. The Kier molecular flexibility index (Phi) is 5.46. The molecule has 0 aliphatic heterocycles. The van der Waals surface area contributed by atoms with E-state index in [1.807, 2.05) is 0 Å². The lowest BCUT2D eigenvalue weighted by atomic mass is 9.65. The van der Waals surface area contributed by atoms with Crippen LogP contribution in [0.15, 0.2) is 0 Å². The van der Waals surface area contributed by atoms with Gasteiger partial charge >= 0.3 is 0 Å². The fourth-order valence-corrected chi connectivity index (χ4v) is 3.34. The van der Waals surface area contributed by atoms with E-state index in [1.165, 1.54) is 32.1 Å². The Morgan fingerprint density at radius 2 is 1.82 bits per heavy atom. The molecule has 0 bridgehead atoms. The summed E-state index contributed by atoms with van der Waals surface area (Å²) in [5.41, 5.74) is 0.710. The molecule has 1 saturated carbocycles. The van der Waals surface area contributed by atoms with Crippen molar-refractivity contribution in [1.82, 2.24) is 5.32 Å². The molecule has 0 heterocycles. The van der Waals surface area contributed by atoms with Crippen LogP contribution in [0.1, 0.15) is 66.2 Å². The molecule has 0 aromatic carbocycles. The van der Waals surface area contributed by atoms with Gasteiger partial charge in [-0.2, -0.15) is 0 Å². The first-order chi connectivity index (χ1) is 7.99. The fourth-order valence-electron chi connectivity index (χ4n) is 3.34. The third-order valence-electron chi connectivity index (χ3n) is 5.10. The molecule has 1 rings (SSSR count). The first-order valence-corrected chi connectivity index (χ1v) is 7.35. The molecule has 1 fully saturated rings. The quantitative estimate of drug-likeness (QED) is 0.747. The van der Waals surface area contributed by atoms with Crippen molar-refractivity contribution in [3.8, 4) is 0 Å². The van der Waals surface area contributed by atoms with Crippen LogP contribution >= 0.6 is 0 Å². The Balaban J connectivity index is 2.58. The molecule has 0 radical (unpaired) electrons. The van der Waals surface area contributed by atoms with Gasteiger partial charge in [-0.15, -0.1) is 0 Å². The molecule has 0 aromatic rings. The zero-order valence-corrected chi connectivity index (χ0v) is 12.2. The Hall–Kier alpha value is -0.0800. The molecule has 2 N–H and O–H groups in total. The van der Waals surface area contributed by atoms with Crippen molar-refractivity contribution in [1.29, 1.82) is 0 Å². The average molecular weight is 241 g/mol. The minimum atomic E-state index is 0.226. The Bertz CT molecular complexity index is 209. The lowest BCUT2D eigenvalue weighted by Gasteiger charge is -2.45. The third-order valence-corrected chi connectivity index (χ3v) is 5.10. The number of aliphatic hydroxyl groups excluding tert-OH is 1. The number of hydrogen-bond donors (Lipinski definition) is 2. The Labute approximate surface area is 107 Å². The van der Waals surface area contributed by atoms with Gasteiger partial charge in [0.2, 0.25) is 0 Å². The lowest BCUT2D eigenvalue weighted by Crippen LogP contribution is -2.49. The first kappa shape index (κ1) is 15.0. The summed E-state index contributed by atoms with van der Waals surface area (Å²) >= 11 is 0. The van der Waals surface area contributed by atoms with Gasteiger partial charge in [-0.1, -0.05) is 34.1 Å². The predicted octanol–water partition coefficient (Wildman–Crippen LogP) is 3.34. The standard InChI is InChI=1S/C15H31NO/c1-5-14(3,4)13-7-9-15(10-8-13,11-12-17)16-6-2/h13,16-17H,5-12H2,1-4H3. The van der Waals surface area contributed by atoms with E-state index in [9.17, 15) is 5.11 Å². The van der Waals surface area contributed by atoms with Gasteiger partial charge in [0.1, 0.15) is 0 Å². The highest BCUT2D eigenvalue weighted by molar-refractivity contribution is 4.95. The van der Waals surface area contributed by atoms with E-state index in [-0.39, 0.29) is 5.54 Å². The number of hydrogen-bond acceptors (Lipinski definition) is 2. The molecule has 1 aliphatic rings. The van der Waals surface area contributed by atoms with E-state index in [4.69, 9.17) is 0 Å². The summed E-state index contributed by atoms with van der Waals surface area (Å²) in [6.45, 7) is 10.6. The van der Waals surface area contributed by atoms with Crippen molar-refractivity contribution in [3.63, 3.8) is 0 Å². The maximum Gasteiger partial charge on any atom is 0.0448 e. The zero-order chi connectivity index (χ0) is 12.9. The maximum atomic E-state index is 9.24. The Morgan fingerprint density at radius 3 is 2.24 bits per heavy atom. The minimum absolute atomic E-state index is 0.226. The number of rotatable bonds is 6. The molecule has 0 unspecified atom stereocenters. The van der Waals surface area contributed by atoms with Crippen LogP contribution in [0, 0.1) is 11.3 Å². The van der Waals surface area contributed by atoms with Crippen LogP contribution in [-0.4, -0.2) is 23.8 Å². The van der Waals surface area contributed by atoms with Crippen molar-refractivity contribution in [2.75, 3.05) is 13.2 Å². The maximum absolute atomic E-state index is 9.24. The van der Waals surface area contributed by atoms with Crippen LogP contribution < -0.4 is 5.32 Å². The molecular weight excluding hydrogens is 210 g/mol. The van der Waals surface area contributed by atoms with E-state index in [1.54, 1.807) is 0 Å². The van der Waals surface area contributed by atoms with Crippen LogP contribution in [0.5, 0.6) is 0 Å². The van der Waals surface area contributed by atoms with Crippen molar-refractivity contribution < 1.29 is 5.11 Å². The summed E-state index contributed by atoms with van der Waals surface area (Å²) in [7, 11) is 0. The molecule has 17 heavy (non-hydrogen) atoms. The second kappa shape index (κ2) is 6.19. The summed E-state index contributed by atoms with van der Waals surface area (Å²) in [6.07, 6.45) is 7.28. The Morgan fingerprint density at radius 1 is 1.24 bits per heavy atom. The summed E-state index contributed by atoms with van der Waals surface area (Å²) in [6, 6.07) is 0. The summed E-state index contributed by atoms with van der Waals surface area (Å²) in [5, 5.41) is 12.9. The van der Waals surface area contributed by atoms with Crippen molar-refractivity contribution >= 4 is 0 Å². The molecule has 0 atom stereocenters. The molecule has 2 nitrogen and oxygen atoms in total. The third kappa shape index (κ3) is 3.69. The summed E-state index contributed by atoms with van der Waals surface area (Å²) in [4.78, 5) is 0. The topological polar surface area (TPSA) is 32.3 Å². The van der Waals surface area contributed by atoms with E-state index in [0.29, 0.717) is 12.0 Å². The molecule has 0 saturated heterocycles. The van der Waals surface area contributed by atoms with E-state index in [0.717, 1.165) is 18.9 Å². The molecule has 0 aromatic heterocycles. The monoisotopic (exact) mass is 241 g/mol. The molecule has 2 heteroatoms. The summed E-state index contributed by atoms with van der Waals surface area (Å²) < 4.78 is 0. The van der Waals surface area contributed by atoms with Crippen molar-refractivity contribution in [3.05, 3.63) is 0 Å². The number of aliphatic hydroxyl groups is 1. The predicted molar refractivity (Wildman–Crippen MR) is 74.1 cm³/mol. The van der Waals surface area contributed by atoms with Gasteiger partial charge in [0.25, 0.3) is 0 Å². The lowest BCUT2D eigenvalue weighted by molar-refractivity contribution is 0.0838. The van der Waals surface area contributed by atoms with Crippen LogP contribution in [0.25, 0.3) is 0 Å². The van der Waals surface area contributed by atoms with Crippen LogP contribution in [-0.2, 0) is 0 Å². The SMILES string of the molecule is CCNC1(CCO)CCC(C(C)(C)CC)CC1. The summed E-state index contributed by atoms with van der Waals surface area (Å²) in [5.74, 6) is 0.859. The average Bonchev–Trinajstić information content (AvgIpc) is 2.30. The molecule has 1 aliphatic carbocycles.